The summed E-state index contributed by atoms with van der Waals surface area (Å²) in [4.78, 5) is 26.6. The van der Waals surface area contributed by atoms with Crippen LogP contribution in [0.25, 0.3) is 0 Å². The molecule has 0 unspecified atom stereocenters. The van der Waals surface area contributed by atoms with Crippen molar-refractivity contribution in [3.05, 3.63) is 0 Å². The van der Waals surface area contributed by atoms with E-state index in [1.165, 1.54) is 0 Å². The lowest BCUT2D eigenvalue weighted by Crippen LogP contribution is -2.56. The topological polar surface area (TPSA) is 60.9 Å². The summed E-state index contributed by atoms with van der Waals surface area (Å²) in [6, 6.07) is 0. The molecule has 0 aliphatic carbocycles. The van der Waals surface area contributed by atoms with E-state index >= 15 is 0 Å². The van der Waals surface area contributed by atoms with E-state index in [1.807, 2.05) is 0 Å². The van der Waals surface area contributed by atoms with E-state index in [-0.39, 0.29) is 24.5 Å². The Hall–Kier alpha value is -1.10. The normalized spacial score (nSPS) is 22.9. The Kier molecular flexibility index (Phi) is 3.43. The summed E-state index contributed by atoms with van der Waals surface area (Å²) in [5.74, 6) is 0.0486. The van der Waals surface area contributed by atoms with Crippen molar-refractivity contribution in [1.29, 1.82) is 0 Å². The van der Waals surface area contributed by atoms with Crippen molar-refractivity contribution in [2.24, 2.45) is 0 Å². The lowest BCUT2D eigenvalue weighted by molar-refractivity contribution is -0.146. The molecule has 0 aromatic heterocycles. The van der Waals surface area contributed by atoms with Crippen molar-refractivity contribution in [2.45, 2.75) is 31.8 Å². The van der Waals surface area contributed by atoms with Crippen LogP contribution in [0.4, 0.5) is 0 Å². The highest BCUT2D eigenvalue weighted by atomic mass is 16.3. The maximum atomic E-state index is 11.7. The molecule has 1 N–H and O–H groups in total. The van der Waals surface area contributed by atoms with E-state index in [1.54, 1.807) is 9.80 Å². The fourth-order valence-electron chi connectivity index (χ4n) is 2.13. The second-order valence-corrected chi connectivity index (χ2v) is 4.58. The Balaban J connectivity index is 1.83. The molecular formula is C11H18N2O3. The van der Waals surface area contributed by atoms with Gasteiger partial charge in [0.1, 0.15) is 0 Å². The zero-order valence-corrected chi connectivity index (χ0v) is 9.39. The smallest absolute Gasteiger partial charge is 0.242 e. The lowest BCUT2D eigenvalue weighted by Gasteiger charge is -2.37. The highest BCUT2D eigenvalue weighted by Crippen LogP contribution is 2.13. The SMILES string of the molecule is O=C1CCCCCN1CC(=O)N1CC(O)C1. The Bertz CT molecular complexity index is 287. The standard InChI is InChI=1S/C11H18N2O3/c14-9-6-13(7-9)11(16)8-12-5-3-1-2-4-10(12)15/h9,14H,1-8H2. The molecule has 2 amide bonds. The van der Waals surface area contributed by atoms with E-state index in [2.05, 4.69) is 0 Å². The molecule has 0 spiro atoms. The van der Waals surface area contributed by atoms with Gasteiger partial charge < -0.3 is 14.9 Å². The van der Waals surface area contributed by atoms with Gasteiger partial charge in [-0.25, -0.2) is 0 Å². The average molecular weight is 226 g/mol. The molecule has 2 heterocycles. The molecule has 2 rings (SSSR count). The number of hydrogen-bond acceptors (Lipinski definition) is 3. The van der Waals surface area contributed by atoms with Gasteiger partial charge in [-0.3, -0.25) is 9.59 Å². The molecule has 2 aliphatic heterocycles. The minimum Gasteiger partial charge on any atom is -0.389 e. The Morgan fingerprint density at radius 1 is 1.31 bits per heavy atom. The molecule has 16 heavy (non-hydrogen) atoms. The summed E-state index contributed by atoms with van der Waals surface area (Å²) in [6.07, 6.45) is 3.19. The number of aliphatic hydroxyl groups is 1. The number of β-amino-alcohol motifs (C(OH)–C–C–N with tert-alkyl or cyclic N) is 1. The molecule has 5 nitrogen and oxygen atoms in total. The average Bonchev–Trinajstić information content (AvgIpc) is 2.40. The van der Waals surface area contributed by atoms with E-state index in [0.717, 1.165) is 19.3 Å². The lowest BCUT2D eigenvalue weighted by atomic mass is 10.1. The highest BCUT2D eigenvalue weighted by molar-refractivity contribution is 5.85. The van der Waals surface area contributed by atoms with Gasteiger partial charge in [0.25, 0.3) is 0 Å². The van der Waals surface area contributed by atoms with Gasteiger partial charge >= 0.3 is 0 Å². The first kappa shape index (κ1) is 11.4. The van der Waals surface area contributed by atoms with Gasteiger partial charge in [0.15, 0.2) is 0 Å². The molecular weight excluding hydrogens is 208 g/mol. The van der Waals surface area contributed by atoms with E-state index in [4.69, 9.17) is 5.11 Å². The van der Waals surface area contributed by atoms with Crippen LogP contribution in [0.5, 0.6) is 0 Å². The molecule has 2 fully saturated rings. The van der Waals surface area contributed by atoms with Crippen LogP contribution in [0.3, 0.4) is 0 Å². The number of carbonyl (C=O) groups is 2. The first-order valence-electron chi connectivity index (χ1n) is 5.90. The molecule has 2 saturated heterocycles. The molecule has 0 aromatic rings. The van der Waals surface area contributed by atoms with E-state index in [0.29, 0.717) is 26.1 Å². The minimum atomic E-state index is -0.371. The molecule has 0 atom stereocenters. The molecule has 0 bridgehead atoms. The monoisotopic (exact) mass is 226 g/mol. The Morgan fingerprint density at radius 3 is 2.75 bits per heavy atom. The summed E-state index contributed by atoms with van der Waals surface area (Å²) in [6.45, 7) is 1.72. The maximum absolute atomic E-state index is 11.7. The van der Waals surface area contributed by atoms with E-state index < -0.39 is 0 Å². The number of amides is 2. The van der Waals surface area contributed by atoms with E-state index in [9.17, 15) is 9.59 Å². The molecule has 0 radical (unpaired) electrons. The van der Waals surface area contributed by atoms with Crippen LogP contribution >= 0.6 is 0 Å². The fourth-order valence-corrected chi connectivity index (χ4v) is 2.13. The summed E-state index contributed by atoms with van der Waals surface area (Å²) < 4.78 is 0. The van der Waals surface area contributed by atoms with Gasteiger partial charge in [0.05, 0.1) is 12.6 Å². The number of aliphatic hydroxyl groups excluding tert-OH is 1. The second-order valence-electron chi connectivity index (χ2n) is 4.58. The van der Waals surface area contributed by atoms with Crippen LogP contribution < -0.4 is 0 Å². The number of hydrogen-bond donors (Lipinski definition) is 1. The number of carbonyl (C=O) groups excluding carboxylic acids is 2. The third-order valence-electron chi connectivity index (χ3n) is 3.21. The zero-order chi connectivity index (χ0) is 11.5. The van der Waals surface area contributed by atoms with Gasteiger partial charge in [0, 0.05) is 26.1 Å². The molecule has 5 heteroatoms. The van der Waals surface area contributed by atoms with Gasteiger partial charge in [-0.05, 0) is 12.8 Å². The quantitative estimate of drug-likeness (QED) is 0.696. The molecule has 2 aliphatic rings. The third-order valence-corrected chi connectivity index (χ3v) is 3.21. The van der Waals surface area contributed by atoms with Gasteiger partial charge in [-0.15, -0.1) is 0 Å². The van der Waals surface area contributed by atoms with Gasteiger partial charge in [-0.2, -0.15) is 0 Å². The Labute approximate surface area is 95.0 Å². The summed E-state index contributed by atoms with van der Waals surface area (Å²) in [5, 5.41) is 9.10. The number of likely N-dealkylation sites (tertiary alicyclic amines) is 2. The predicted molar refractivity (Wildman–Crippen MR) is 57.6 cm³/mol. The first-order valence-corrected chi connectivity index (χ1v) is 5.90. The van der Waals surface area contributed by atoms with Gasteiger partial charge in [0.2, 0.25) is 11.8 Å². The van der Waals surface area contributed by atoms with Crippen LogP contribution in [0.1, 0.15) is 25.7 Å². The van der Waals surface area contributed by atoms with Crippen molar-refractivity contribution in [2.75, 3.05) is 26.2 Å². The summed E-state index contributed by atoms with van der Waals surface area (Å²) >= 11 is 0. The van der Waals surface area contributed by atoms with Crippen molar-refractivity contribution in [3.8, 4) is 0 Å². The van der Waals surface area contributed by atoms with Crippen LogP contribution in [0.15, 0.2) is 0 Å². The Morgan fingerprint density at radius 2 is 2.06 bits per heavy atom. The van der Waals surface area contributed by atoms with Crippen molar-refractivity contribution >= 4 is 11.8 Å². The zero-order valence-electron chi connectivity index (χ0n) is 9.39. The third kappa shape index (κ3) is 2.52. The van der Waals surface area contributed by atoms with Crippen molar-refractivity contribution in [1.82, 2.24) is 9.80 Å². The molecule has 0 aromatic carbocycles. The van der Waals surface area contributed by atoms with Crippen LogP contribution in [-0.2, 0) is 9.59 Å². The van der Waals surface area contributed by atoms with Crippen LogP contribution in [-0.4, -0.2) is 59.0 Å². The summed E-state index contributed by atoms with van der Waals surface area (Å²) in [7, 11) is 0. The number of nitrogens with zero attached hydrogens (tertiary/aromatic N) is 2. The predicted octanol–water partition coefficient (Wildman–Crippen LogP) is -0.408. The highest BCUT2D eigenvalue weighted by Gasteiger charge is 2.30. The minimum absolute atomic E-state index is 0.0412. The van der Waals surface area contributed by atoms with Gasteiger partial charge in [-0.1, -0.05) is 6.42 Å². The summed E-state index contributed by atoms with van der Waals surface area (Å²) in [5.41, 5.74) is 0. The van der Waals surface area contributed by atoms with Crippen molar-refractivity contribution in [3.63, 3.8) is 0 Å². The second kappa shape index (κ2) is 4.82. The van der Waals surface area contributed by atoms with Crippen molar-refractivity contribution < 1.29 is 14.7 Å². The largest absolute Gasteiger partial charge is 0.389 e. The fraction of sp³-hybridized carbons (Fsp3) is 0.818. The maximum Gasteiger partial charge on any atom is 0.242 e. The van der Waals surface area contributed by atoms with Crippen LogP contribution in [0.2, 0.25) is 0 Å². The number of rotatable bonds is 2. The first-order chi connectivity index (χ1) is 7.66. The molecule has 0 saturated carbocycles. The molecule has 90 valence electrons. The van der Waals surface area contributed by atoms with Crippen LogP contribution in [0, 0.1) is 0 Å².